The summed E-state index contributed by atoms with van der Waals surface area (Å²) in [6.07, 6.45) is 0. The van der Waals surface area contributed by atoms with Gasteiger partial charge in [0, 0.05) is 54.2 Å². The molecule has 0 aliphatic carbocycles. The van der Waals surface area contributed by atoms with Crippen LogP contribution in [0.25, 0.3) is 10.9 Å². The van der Waals surface area contributed by atoms with Gasteiger partial charge in [-0.15, -0.1) is 0 Å². The summed E-state index contributed by atoms with van der Waals surface area (Å²) >= 11 is 10.0. The number of ketones is 1. The van der Waals surface area contributed by atoms with Crippen molar-refractivity contribution in [2.24, 2.45) is 7.05 Å². The number of rotatable bonds is 3. The Morgan fingerprint density at radius 2 is 1.77 bits per heavy atom. The number of aryl methyl sites for hydroxylation is 1. The molecule has 0 radical (unpaired) electrons. The molecule has 0 N–H and O–H groups in total. The van der Waals surface area contributed by atoms with Gasteiger partial charge in [0.1, 0.15) is 11.5 Å². The number of carbonyl (C=O) groups excluding carboxylic acids is 2. The number of fused-ring (bicyclic) bond motifs is 1. The third-order valence-corrected chi connectivity index (χ3v) is 6.44. The van der Waals surface area contributed by atoms with Crippen molar-refractivity contribution in [3.8, 4) is 0 Å². The molecule has 1 fully saturated rings. The van der Waals surface area contributed by atoms with Crippen LogP contribution in [0.5, 0.6) is 0 Å². The molecule has 0 spiro atoms. The Bertz CT molecular complexity index is 1170. The van der Waals surface area contributed by atoms with Crippen LogP contribution in [-0.4, -0.2) is 47.3 Å². The molecule has 4 rings (SSSR count). The first-order chi connectivity index (χ1) is 14.3. The first-order valence-corrected chi connectivity index (χ1v) is 10.7. The normalized spacial score (nSPS) is 14.4. The second-order valence-electron chi connectivity index (χ2n) is 7.38. The zero-order valence-corrected chi connectivity index (χ0v) is 18.9. The van der Waals surface area contributed by atoms with Gasteiger partial charge in [0.2, 0.25) is 0 Å². The SMILES string of the molecule is CC(=O)c1ccc(N2CCN(C(=O)c3c(Cl)c4cc(Br)ccc4n3C)CC2)c(F)c1. The molecule has 1 aliphatic heterocycles. The summed E-state index contributed by atoms with van der Waals surface area (Å²) in [5, 5.41) is 1.26. The average Bonchev–Trinajstić information content (AvgIpc) is 2.97. The van der Waals surface area contributed by atoms with Gasteiger partial charge in [-0.3, -0.25) is 9.59 Å². The van der Waals surface area contributed by atoms with Crippen molar-refractivity contribution in [2.75, 3.05) is 31.1 Å². The van der Waals surface area contributed by atoms with E-state index >= 15 is 0 Å². The minimum atomic E-state index is -0.426. The van der Waals surface area contributed by atoms with Crippen LogP contribution in [0.1, 0.15) is 27.8 Å². The Morgan fingerprint density at radius 1 is 1.07 bits per heavy atom. The molecule has 3 aromatic rings. The van der Waals surface area contributed by atoms with Gasteiger partial charge in [0.15, 0.2) is 5.78 Å². The molecule has 156 valence electrons. The molecule has 5 nitrogen and oxygen atoms in total. The molecule has 8 heteroatoms. The van der Waals surface area contributed by atoms with E-state index in [0.29, 0.717) is 48.1 Å². The number of halogens is 3. The minimum Gasteiger partial charge on any atom is -0.366 e. The Kier molecular flexibility index (Phi) is 5.59. The molecule has 2 heterocycles. The zero-order valence-electron chi connectivity index (χ0n) is 16.6. The van der Waals surface area contributed by atoms with Crippen LogP contribution in [0.3, 0.4) is 0 Å². The van der Waals surface area contributed by atoms with E-state index < -0.39 is 5.82 Å². The molecular formula is C22H20BrClFN3O2. The zero-order chi connectivity index (χ0) is 21.6. The molecular weight excluding hydrogens is 473 g/mol. The number of nitrogens with zero attached hydrogens (tertiary/aromatic N) is 3. The molecule has 0 bridgehead atoms. The summed E-state index contributed by atoms with van der Waals surface area (Å²) < 4.78 is 17.2. The van der Waals surface area contributed by atoms with E-state index in [1.165, 1.54) is 13.0 Å². The summed E-state index contributed by atoms with van der Waals surface area (Å²) in [5.74, 6) is -0.735. The third-order valence-electron chi connectivity index (χ3n) is 5.56. The number of anilines is 1. The van der Waals surface area contributed by atoms with Crippen molar-refractivity contribution in [1.29, 1.82) is 0 Å². The summed E-state index contributed by atoms with van der Waals surface area (Å²) in [6, 6.07) is 10.3. The van der Waals surface area contributed by atoms with Crippen LogP contribution in [-0.2, 0) is 7.05 Å². The highest BCUT2D eigenvalue weighted by molar-refractivity contribution is 9.10. The summed E-state index contributed by atoms with van der Waals surface area (Å²) in [7, 11) is 1.83. The largest absolute Gasteiger partial charge is 0.366 e. The van der Waals surface area contributed by atoms with Gasteiger partial charge in [-0.2, -0.15) is 0 Å². The Morgan fingerprint density at radius 3 is 2.40 bits per heavy atom. The highest BCUT2D eigenvalue weighted by atomic mass is 79.9. The van der Waals surface area contributed by atoms with Crippen molar-refractivity contribution in [1.82, 2.24) is 9.47 Å². The molecule has 1 aromatic heterocycles. The number of aromatic nitrogens is 1. The first-order valence-electron chi connectivity index (χ1n) is 9.56. The van der Waals surface area contributed by atoms with Gasteiger partial charge < -0.3 is 14.4 Å². The van der Waals surface area contributed by atoms with Crippen molar-refractivity contribution >= 4 is 55.8 Å². The fourth-order valence-electron chi connectivity index (χ4n) is 3.89. The smallest absolute Gasteiger partial charge is 0.272 e. The second kappa shape index (κ2) is 8.04. The first kappa shape index (κ1) is 20.9. The van der Waals surface area contributed by atoms with E-state index in [-0.39, 0.29) is 11.7 Å². The molecule has 1 amide bonds. The lowest BCUT2D eigenvalue weighted by molar-refractivity contribution is 0.0737. The number of amides is 1. The molecule has 0 atom stereocenters. The van der Waals surface area contributed by atoms with Crippen molar-refractivity contribution in [3.05, 3.63) is 63.0 Å². The lowest BCUT2D eigenvalue weighted by Crippen LogP contribution is -2.49. The van der Waals surface area contributed by atoms with Crippen LogP contribution in [0, 0.1) is 5.82 Å². The predicted molar refractivity (Wildman–Crippen MR) is 120 cm³/mol. The molecule has 0 saturated carbocycles. The number of carbonyl (C=O) groups is 2. The van der Waals surface area contributed by atoms with Gasteiger partial charge in [-0.25, -0.2) is 4.39 Å². The Hall–Kier alpha value is -2.38. The average molecular weight is 493 g/mol. The lowest BCUT2D eigenvalue weighted by Gasteiger charge is -2.36. The Balaban J connectivity index is 1.53. The van der Waals surface area contributed by atoms with Gasteiger partial charge in [0.05, 0.1) is 10.7 Å². The van der Waals surface area contributed by atoms with E-state index in [2.05, 4.69) is 15.9 Å². The Labute approximate surface area is 187 Å². The number of hydrogen-bond acceptors (Lipinski definition) is 3. The molecule has 2 aromatic carbocycles. The monoisotopic (exact) mass is 491 g/mol. The van der Waals surface area contributed by atoms with Gasteiger partial charge in [-0.05, 0) is 43.3 Å². The summed E-state index contributed by atoms with van der Waals surface area (Å²) in [5.41, 5.74) is 2.13. The lowest BCUT2D eigenvalue weighted by atomic mass is 10.1. The standard InChI is InChI=1S/C22H20BrClFN3O2/c1-13(29)14-3-5-19(17(25)11-14)27-7-9-28(10-8-27)22(30)21-20(24)16-12-15(23)4-6-18(16)26(21)2/h3-6,11-12H,7-10H2,1-2H3. The van der Waals surface area contributed by atoms with E-state index in [0.717, 1.165) is 15.4 Å². The van der Waals surface area contributed by atoms with E-state index in [4.69, 9.17) is 11.6 Å². The van der Waals surface area contributed by atoms with Crippen molar-refractivity contribution < 1.29 is 14.0 Å². The van der Waals surface area contributed by atoms with Gasteiger partial charge in [0.25, 0.3) is 5.91 Å². The van der Waals surface area contributed by atoms with Crippen LogP contribution in [0.15, 0.2) is 40.9 Å². The number of piperazine rings is 1. The van der Waals surface area contributed by atoms with E-state index in [1.54, 1.807) is 17.0 Å². The molecule has 30 heavy (non-hydrogen) atoms. The fourth-order valence-corrected chi connectivity index (χ4v) is 4.61. The maximum absolute atomic E-state index is 14.5. The molecule has 0 unspecified atom stereocenters. The summed E-state index contributed by atoms with van der Waals surface area (Å²) in [6.45, 7) is 3.31. The highest BCUT2D eigenvalue weighted by Gasteiger charge is 2.28. The number of benzene rings is 2. The van der Waals surface area contributed by atoms with Crippen molar-refractivity contribution in [3.63, 3.8) is 0 Å². The number of hydrogen-bond donors (Lipinski definition) is 0. The predicted octanol–water partition coefficient (Wildman–Crippen LogP) is 4.90. The van der Waals surface area contributed by atoms with Crippen molar-refractivity contribution in [2.45, 2.75) is 6.92 Å². The van der Waals surface area contributed by atoms with Gasteiger partial charge >= 0.3 is 0 Å². The van der Waals surface area contributed by atoms with Crippen LogP contribution in [0.4, 0.5) is 10.1 Å². The van der Waals surface area contributed by atoms with Crippen LogP contribution in [0.2, 0.25) is 5.02 Å². The molecule has 1 saturated heterocycles. The van der Waals surface area contributed by atoms with E-state index in [1.807, 2.05) is 34.7 Å². The van der Waals surface area contributed by atoms with E-state index in [9.17, 15) is 14.0 Å². The second-order valence-corrected chi connectivity index (χ2v) is 8.68. The topological polar surface area (TPSA) is 45.6 Å². The van der Waals surface area contributed by atoms with Gasteiger partial charge in [-0.1, -0.05) is 27.5 Å². The minimum absolute atomic E-state index is 0.137. The van der Waals surface area contributed by atoms with Crippen LogP contribution < -0.4 is 4.90 Å². The maximum atomic E-state index is 14.5. The fraction of sp³-hybridized carbons (Fsp3) is 0.273. The quantitative estimate of drug-likeness (QED) is 0.489. The third kappa shape index (κ3) is 3.61. The molecule has 1 aliphatic rings. The number of Topliss-reactive ketones (excluding diaryl/α,β-unsaturated/α-hetero) is 1. The maximum Gasteiger partial charge on any atom is 0.272 e. The summed E-state index contributed by atoms with van der Waals surface area (Å²) in [4.78, 5) is 28.3. The van der Waals surface area contributed by atoms with Crippen LogP contribution >= 0.6 is 27.5 Å². The highest BCUT2D eigenvalue weighted by Crippen LogP contribution is 2.33.